The quantitative estimate of drug-likeness (QED) is 0.628. The summed E-state index contributed by atoms with van der Waals surface area (Å²) in [6.07, 6.45) is 0.700. The number of nitrogens with zero attached hydrogens (tertiary/aromatic N) is 3. The Balaban J connectivity index is 1.94. The average Bonchev–Trinajstić information content (AvgIpc) is 3.13. The highest BCUT2D eigenvalue weighted by Crippen LogP contribution is 2.31. The first-order valence-corrected chi connectivity index (χ1v) is 7.25. The molecule has 0 amide bonds. The molecule has 1 aromatic carbocycles. The van der Waals surface area contributed by atoms with Crippen LogP contribution in [0.4, 0.5) is 0 Å². The van der Waals surface area contributed by atoms with Crippen LogP contribution >= 0.6 is 11.3 Å². The number of hydrogen-bond acceptors (Lipinski definition) is 5. The Morgan fingerprint density at radius 1 is 1.25 bits per heavy atom. The highest BCUT2D eigenvalue weighted by Gasteiger charge is 2.15. The number of hydrogen-bond donors (Lipinski definition) is 1. The number of para-hydroxylation sites is 1. The Morgan fingerprint density at radius 2 is 2.15 bits per heavy atom. The first-order valence-electron chi connectivity index (χ1n) is 6.37. The number of furan rings is 1. The first kappa shape index (κ1) is 11.6. The molecular weight excluding hydrogens is 272 g/mol. The van der Waals surface area contributed by atoms with Crippen molar-refractivity contribution >= 4 is 27.3 Å². The van der Waals surface area contributed by atoms with Crippen molar-refractivity contribution in [3.05, 3.63) is 41.5 Å². The van der Waals surface area contributed by atoms with Gasteiger partial charge in [0.15, 0.2) is 5.76 Å². The summed E-state index contributed by atoms with van der Waals surface area (Å²) in [7, 11) is 0. The van der Waals surface area contributed by atoms with Crippen LogP contribution in [0.15, 0.2) is 40.1 Å². The van der Waals surface area contributed by atoms with Crippen LogP contribution in [0.5, 0.6) is 0 Å². The minimum Gasteiger partial charge on any atom is -0.454 e. The predicted molar refractivity (Wildman–Crippen MR) is 78.8 cm³/mol. The normalized spacial score (nSPS) is 11.7. The van der Waals surface area contributed by atoms with Gasteiger partial charge in [0.25, 0.3) is 0 Å². The van der Waals surface area contributed by atoms with Gasteiger partial charge < -0.3 is 10.2 Å². The van der Waals surface area contributed by atoms with Gasteiger partial charge in [0.1, 0.15) is 17.1 Å². The second-order valence-corrected chi connectivity index (χ2v) is 5.38. The van der Waals surface area contributed by atoms with E-state index in [4.69, 9.17) is 10.2 Å². The molecule has 4 rings (SSSR count). The molecule has 0 radical (unpaired) electrons. The van der Waals surface area contributed by atoms with Gasteiger partial charge in [-0.05, 0) is 18.7 Å². The molecule has 100 valence electrons. The molecule has 0 fully saturated rings. The summed E-state index contributed by atoms with van der Waals surface area (Å²) in [5, 5.41) is 11.5. The van der Waals surface area contributed by atoms with Crippen LogP contribution in [0.3, 0.4) is 0 Å². The lowest BCUT2D eigenvalue weighted by Crippen LogP contribution is -2.06. The molecule has 2 N–H and O–H groups in total. The highest BCUT2D eigenvalue weighted by atomic mass is 32.1. The van der Waals surface area contributed by atoms with Gasteiger partial charge in [0.2, 0.25) is 4.96 Å². The van der Waals surface area contributed by atoms with Crippen molar-refractivity contribution < 1.29 is 4.42 Å². The van der Waals surface area contributed by atoms with Crippen molar-refractivity contribution in [2.45, 2.75) is 6.42 Å². The second-order valence-electron chi connectivity index (χ2n) is 4.54. The molecule has 3 heterocycles. The largest absolute Gasteiger partial charge is 0.454 e. The van der Waals surface area contributed by atoms with Gasteiger partial charge in [0, 0.05) is 17.2 Å². The molecule has 0 aliphatic heterocycles. The zero-order valence-corrected chi connectivity index (χ0v) is 11.4. The van der Waals surface area contributed by atoms with E-state index in [2.05, 4.69) is 10.2 Å². The Hall–Kier alpha value is -2.18. The molecule has 0 saturated heterocycles. The standard InChI is InChI=1S/C14H12N4OS/c15-6-5-13-16-17-14-18(13)10(8-20-14)12-7-9-3-1-2-4-11(9)19-12/h1-4,7-8H,5-6,15H2. The smallest absolute Gasteiger partial charge is 0.216 e. The maximum absolute atomic E-state index is 5.92. The Bertz CT molecular complexity index is 856. The van der Waals surface area contributed by atoms with Crippen molar-refractivity contribution in [2.24, 2.45) is 5.73 Å². The first-order chi connectivity index (χ1) is 9.86. The van der Waals surface area contributed by atoms with Crippen molar-refractivity contribution in [2.75, 3.05) is 6.54 Å². The summed E-state index contributed by atoms with van der Waals surface area (Å²) < 4.78 is 7.95. The lowest BCUT2D eigenvalue weighted by Gasteiger charge is -1.98. The van der Waals surface area contributed by atoms with Gasteiger partial charge >= 0.3 is 0 Å². The molecule has 0 aliphatic carbocycles. The van der Waals surface area contributed by atoms with E-state index >= 15 is 0 Å². The summed E-state index contributed by atoms with van der Waals surface area (Å²) in [5.41, 5.74) is 7.49. The second kappa shape index (κ2) is 4.43. The van der Waals surface area contributed by atoms with E-state index in [-0.39, 0.29) is 0 Å². The lowest BCUT2D eigenvalue weighted by atomic mass is 10.2. The van der Waals surface area contributed by atoms with Crippen LogP contribution in [0.2, 0.25) is 0 Å². The highest BCUT2D eigenvalue weighted by molar-refractivity contribution is 7.15. The van der Waals surface area contributed by atoms with Crippen molar-refractivity contribution in [1.82, 2.24) is 14.6 Å². The van der Waals surface area contributed by atoms with Gasteiger partial charge in [-0.25, -0.2) is 0 Å². The van der Waals surface area contributed by atoms with E-state index < -0.39 is 0 Å². The number of aromatic nitrogens is 3. The van der Waals surface area contributed by atoms with E-state index in [1.165, 1.54) is 0 Å². The average molecular weight is 284 g/mol. The molecule has 0 spiro atoms. The number of fused-ring (bicyclic) bond motifs is 2. The monoisotopic (exact) mass is 284 g/mol. The van der Waals surface area contributed by atoms with E-state index in [9.17, 15) is 0 Å². The summed E-state index contributed by atoms with van der Waals surface area (Å²) in [5.74, 6) is 1.70. The summed E-state index contributed by atoms with van der Waals surface area (Å²) in [6.45, 7) is 0.552. The zero-order valence-electron chi connectivity index (χ0n) is 10.6. The SMILES string of the molecule is NCCc1nnc2scc(-c3cc4ccccc4o3)n12. The Kier molecular flexibility index (Phi) is 2.58. The molecule has 0 saturated carbocycles. The molecule has 0 bridgehead atoms. The summed E-state index contributed by atoms with van der Waals surface area (Å²) >= 11 is 1.55. The topological polar surface area (TPSA) is 69.3 Å². The van der Waals surface area contributed by atoms with Gasteiger partial charge in [0.05, 0.1) is 0 Å². The summed E-state index contributed by atoms with van der Waals surface area (Å²) in [6, 6.07) is 10.0. The van der Waals surface area contributed by atoms with Crippen LogP contribution in [0.25, 0.3) is 27.4 Å². The molecule has 0 aliphatic rings. The Morgan fingerprint density at radius 3 is 3.00 bits per heavy atom. The molecule has 4 aromatic rings. The third kappa shape index (κ3) is 1.65. The van der Waals surface area contributed by atoms with Crippen molar-refractivity contribution in [3.8, 4) is 11.5 Å². The van der Waals surface area contributed by atoms with Gasteiger partial charge in [-0.2, -0.15) is 0 Å². The van der Waals surface area contributed by atoms with E-state index in [0.29, 0.717) is 13.0 Å². The van der Waals surface area contributed by atoms with Gasteiger partial charge in [-0.15, -0.1) is 21.5 Å². The van der Waals surface area contributed by atoms with Crippen LogP contribution in [0, 0.1) is 0 Å². The number of thiazole rings is 1. The predicted octanol–water partition coefficient (Wildman–Crippen LogP) is 2.71. The van der Waals surface area contributed by atoms with Crippen molar-refractivity contribution in [3.63, 3.8) is 0 Å². The fraction of sp³-hybridized carbons (Fsp3) is 0.143. The minimum absolute atomic E-state index is 0.552. The fourth-order valence-electron chi connectivity index (χ4n) is 2.35. The zero-order chi connectivity index (χ0) is 13.5. The molecule has 0 atom stereocenters. The maximum atomic E-state index is 5.92. The van der Waals surface area contributed by atoms with E-state index in [0.717, 1.165) is 33.2 Å². The molecule has 0 unspecified atom stereocenters. The van der Waals surface area contributed by atoms with E-state index in [1.807, 2.05) is 40.1 Å². The fourth-order valence-corrected chi connectivity index (χ4v) is 3.18. The van der Waals surface area contributed by atoms with Gasteiger partial charge in [-0.3, -0.25) is 4.40 Å². The lowest BCUT2D eigenvalue weighted by molar-refractivity contribution is 0.627. The number of benzene rings is 1. The Labute approximate surface area is 118 Å². The number of nitrogens with two attached hydrogens (primary N) is 1. The molecular formula is C14H12N4OS. The molecule has 20 heavy (non-hydrogen) atoms. The van der Waals surface area contributed by atoms with Crippen LogP contribution in [0.1, 0.15) is 5.82 Å². The maximum Gasteiger partial charge on any atom is 0.216 e. The molecule has 5 nitrogen and oxygen atoms in total. The third-order valence-electron chi connectivity index (χ3n) is 3.26. The van der Waals surface area contributed by atoms with Crippen LogP contribution in [-0.4, -0.2) is 21.1 Å². The third-order valence-corrected chi connectivity index (χ3v) is 4.08. The van der Waals surface area contributed by atoms with Crippen molar-refractivity contribution in [1.29, 1.82) is 0 Å². The molecule has 6 heteroatoms. The molecule has 3 aromatic heterocycles. The van der Waals surface area contributed by atoms with Gasteiger partial charge in [-0.1, -0.05) is 18.2 Å². The number of rotatable bonds is 3. The minimum atomic E-state index is 0.552. The summed E-state index contributed by atoms with van der Waals surface area (Å²) in [4.78, 5) is 0.865. The van der Waals surface area contributed by atoms with E-state index in [1.54, 1.807) is 11.3 Å². The van der Waals surface area contributed by atoms with Crippen LogP contribution < -0.4 is 5.73 Å². The van der Waals surface area contributed by atoms with Crippen LogP contribution in [-0.2, 0) is 6.42 Å².